The molecule has 294 valence electrons. The maximum atomic E-state index is 12.5. The van der Waals surface area contributed by atoms with Crippen molar-refractivity contribution < 1.29 is 42.7 Å². The highest BCUT2D eigenvalue weighted by Gasteiger charge is 2.26. The summed E-state index contributed by atoms with van der Waals surface area (Å²) in [5.41, 5.74) is 5.32. The number of carbonyl (C=O) groups is 2. The number of nitrogens with two attached hydrogens (primary N) is 1. The highest BCUT2D eigenvalue weighted by Crippen LogP contribution is 2.43. The van der Waals surface area contributed by atoms with Gasteiger partial charge in [0.1, 0.15) is 6.61 Å². The van der Waals surface area contributed by atoms with Crippen molar-refractivity contribution in [3.63, 3.8) is 0 Å². The Hall–Kier alpha value is -2.33. The number of phosphoric ester groups is 1. The van der Waals surface area contributed by atoms with Gasteiger partial charge in [0, 0.05) is 19.4 Å². The lowest BCUT2D eigenvalue weighted by Crippen LogP contribution is -2.29. The van der Waals surface area contributed by atoms with Crippen LogP contribution in [0.4, 0.5) is 0 Å². The summed E-state index contributed by atoms with van der Waals surface area (Å²) in [5.74, 6) is -1.04. The van der Waals surface area contributed by atoms with Gasteiger partial charge in [-0.15, -0.1) is 0 Å². The number of carbonyl (C=O) groups excluding carboxylic acids is 2. The van der Waals surface area contributed by atoms with E-state index in [4.69, 9.17) is 24.3 Å². The van der Waals surface area contributed by atoms with E-state index in [0.717, 1.165) is 44.9 Å². The van der Waals surface area contributed by atoms with Crippen LogP contribution >= 0.6 is 7.82 Å². The first-order valence-electron chi connectivity index (χ1n) is 19.4. The number of unbranched alkanes of at least 4 members (excludes halogenated alkanes) is 11. The Morgan fingerprint density at radius 3 is 1.82 bits per heavy atom. The number of rotatable bonds is 35. The molecule has 3 atom stereocenters. The fourth-order valence-electron chi connectivity index (χ4n) is 4.90. The Morgan fingerprint density at radius 2 is 1.24 bits per heavy atom. The molecule has 0 aliphatic heterocycles. The number of aliphatic hydroxyl groups excluding tert-OH is 1. The number of hydrogen-bond acceptors (Lipinski definition) is 9. The van der Waals surface area contributed by atoms with E-state index in [1.54, 1.807) is 12.2 Å². The third kappa shape index (κ3) is 35.8. The highest BCUT2D eigenvalue weighted by atomic mass is 31.2. The van der Waals surface area contributed by atoms with Crippen molar-refractivity contribution in [1.82, 2.24) is 0 Å². The third-order valence-electron chi connectivity index (χ3n) is 7.77. The normalized spacial score (nSPS) is 14.7. The molecule has 51 heavy (non-hydrogen) atoms. The van der Waals surface area contributed by atoms with Crippen LogP contribution in [0.25, 0.3) is 0 Å². The van der Waals surface area contributed by atoms with Gasteiger partial charge in [-0.2, -0.15) is 0 Å². The van der Waals surface area contributed by atoms with Gasteiger partial charge < -0.3 is 25.2 Å². The van der Waals surface area contributed by atoms with E-state index in [2.05, 4.69) is 50.3 Å². The molecule has 11 heteroatoms. The van der Waals surface area contributed by atoms with Crippen molar-refractivity contribution in [2.75, 3.05) is 26.4 Å². The minimum Gasteiger partial charge on any atom is -0.462 e. The first kappa shape index (κ1) is 48.7. The van der Waals surface area contributed by atoms with Gasteiger partial charge in [-0.05, 0) is 44.9 Å². The SMILES string of the molecule is CC/C=C\C/C=C\C/C=C\C/C=C\C=C\C(O)CCCC(=O)OC[C@H](COP(=O)(O)OCCN)OC(=O)CCCCCCCCCCCCCC. The Kier molecular flexibility index (Phi) is 34.4. The second-order valence-electron chi connectivity index (χ2n) is 12.6. The molecule has 4 N–H and O–H groups in total. The summed E-state index contributed by atoms with van der Waals surface area (Å²) in [6, 6.07) is 0. The molecule has 0 amide bonds. The summed E-state index contributed by atoms with van der Waals surface area (Å²) < 4.78 is 32.5. The molecule has 0 radical (unpaired) electrons. The molecule has 0 fully saturated rings. The quantitative estimate of drug-likeness (QED) is 0.0188. The second kappa shape index (κ2) is 36.0. The van der Waals surface area contributed by atoms with E-state index >= 15 is 0 Å². The predicted molar refractivity (Wildman–Crippen MR) is 207 cm³/mol. The van der Waals surface area contributed by atoms with Crippen LogP contribution in [0, 0.1) is 0 Å². The first-order chi connectivity index (χ1) is 24.7. The molecule has 0 spiro atoms. The van der Waals surface area contributed by atoms with Crippen LogP contribution in [0.5, 0.6) is 0 Å². The molecule has 0 bridgehead atoms. The van der Waals surface area contributed by atoms with Gasteiger partial charge in [0.2, 0.25) is 0 Å². The summed E-state index contributed by atoms with van der Waals surface area (Å²) in [6.45, 7) is 3.36. The van der Waals surface area contributed by atoms with Gasteiger partial charge in [0.05, 0.1) is 19.3 Å². The van der Waals surface area contributed by atoms with Gasteiger partial charge in [-0.25, -0.2) is 4.57 Å². The molecule has 0 aromatic rings. The van der Waals surface area contributed by atoms with E-state index in [-0.39, 0.29) is 32.6 Å². The molecule has 0 aromatic heterocycles. The molecule has 0 heterocycles. The largest absolute Gasteiger partial charge is 0.472 e. The Morgan fingerprint density at radius 1 is 0.686 bits per heavy atom. The van der Waals surface area contributed by atoms with Gasteiger partial charge in [0.25, 0.3) is 0 Å². The number of allylic oxidation sites excluding steroid dienone is 9. The van der Waals surface area contributed by atoms with Gasteiger partial charge in [-0.1, -0.05) is 145 Å². The molecule has 10 nitrogen and oxygen atoms in total. The van der Waals surface area contributed by atoms with Crippen LogP contribution in [0.3, 0.4) is 0 Å². The smallest absolute Gasteiger partial charge is 0.462 e. The Balaban J connectivity index is 4.43. The Labute approximate surface area is 309 Å². The topological polar surface area (TPSA) is 155 Å². The van der Waals surface area contributed by atoms with Crippen LogP contribution in [0.1, 0.15) is 142 Å². The van der Waals surface area contributed by atoms with Gasteiger partial charge >= 0.3 is 19.8 Å². The minimum atomic E-state index is -4.42. The molecule has 0 rings (SSSR count). The zero-order valence-electron chi connectivity index (χ0n) is 31.7. The summed E-state index contributed by atoms with van der Waals surface area (Å²) in [7, 11) is -4.42. The molecule has 0 saturated heterocycles. The minimum absolute atomic E-state index is 0.0257. The monoisotopic (exact) mass is 739 g/mol. The molecule has 0 saturated carbocycles. The predicted octanol–water partition coefficient (Wildman–Crippen LogP) is 9.52. The van der Waals surface area contributed by atoms with Crippen molar-refractivity contribution >= 4 is 19.8 Å². The molecule has 0 aromatic carbocycles. The number of hydrogen-bond donors (Lipinski definition) is 3. The zero-order valence-corrected chi connectivity index (χ0v) is 32.6. The fraction of sp³-hybridized carbons (Fsp3) is 0.700. The standard InChI is InChI=1S/C40H70NO9P/c1-3-5-7-9-11-13-15-17-18-20-22-24-26-29-37(42)30-28-32-39(43)47-35-38(36-49-51(45,46)48-34-33-41)50-40(44)31-27-25-23-21-19-16-14-12-10-8-6-4-2/h5,7,11,13,17-18,22,24,26,29,37-38,42H,3-4,6,8-10,12,14-16,19-21,23,25,27-28,30-36,41H2,1-2H3,(H,45,46)/b7-5-,13-11-,18-17-,24-22-,29-26+/t37?,38-/m1/s1. The van der Waals surface area contributed by atoms with E-state index in [1.165, 1.54) is 51.4 Å². The molecule has 0 aliphatic rings. The van der Waals surface area contributed by atoms with Crippen molar-refractivity contribution in [2.45, 2.75) is 154 Å². The summed E-state index contributed by atoms with van der Waals surface area (Å²) in [5, 5.41) is 10.2. The summed E-state index contributed by atoms with van der Waals surface area (Å²) >= 11 is 0. The lowest BCUT2D eigenvalue weighted by atomic mass is 10.0. The molecular weight excluding hydrogens is 669 g/mol. The van der Waals surface area contributed by atoms with Gasteiger partial charge in [-0.3, -0.25) is 18.6 Å². The zero-order chi connectivity index (χ0) is 37.7. The number of ether oxygens (including phenoxy) is 2. The lowest BCUT2D eigenvalue weighted by Gasteiger charge is -2.20. The van der Waals surface area contributed by atoms with E-state index < -0.39 is 38.6 Å². The van der Waals surface area contributed by atoms with Crippen LogP contribution < -0.4 is 5.73 Å². The fourth-order valence-corrected chi connectivity index (χ4v) is 5.66. The third-order valence-corrected chi connectivity index (χ3v) is 8.76. The van der Waals surface area contributed by atoms with Crippen molar-refractivity contribution in [2.24, 2.45) is 5.73 Å². The van der Waals surface area contributed by atoms with E-state index in [1.807, 2.05) is 12.2 Å². The lowest BCUT2D eigenvalue weighted by molar-refractivity contribution is -0.161. The van der Waals surface area contributed by atoms with E-state index in [9.17, 15) is 24.2 Å². The number of esters is 2. The van der Waals surface area contributed by atoms with Crippen molar-refractivity contribution in [1.29, 1.82) is 0 Å². The maximum Gasteiger partial charge on any atom is 0.472 e. The summed E-state index contributed by atoms with van der Waals surface area (Å²) in [6.07, 6.45) is 37.1. The number of phosphoric acid groups is 1. The second-order valence-corrected chi connectivity index (χ2v) is 14.1. The molecule has 0 aliphatic carbocycles. The van der Waals surface area contributed by atoms with Crippen molar-refractivity contribution in [3.05, 3.63) is 60.8 Å². The molecule has 2 unspecified atom stereocenters. The maximum absolute atomic E-state index is 12.5. The first-order valence-corrected chi connectivity index (χ1v) is 20.9. The van der Waals surface area contributed by atoms with Crippen LogP contribution in [0.2, 0.25) is 0 Å². The highest BCUT2D eigenvalue weighted by molar-refractivity contribution is 7.47. The van der Waals surface area contributed by atoms with E-state index in [0.29, 0.717) is 19.3 Å². The average Bonchev–Trinajstić information content (AvgIpc) is 3.11. The Bertz CT molecular complexity index is 1040. The summed E-state index contributed by atoms with van der Waals surface area (Å²) in [4.78, 5) is 34.7. The van der Waals surface area contributed by atoms with Crippen LogP contribution in [-0.2, 0) is 32.7 Å². The van der Waals surface area contributed by atoms with Crippen LogP contribution in [-0.4, -0.2) is 60.5 Å². The van der Waals surface area contributed by atoms with Gasteiger partial charge in [0.15, 0.2) is 6.10 Å². The average molecular weight is 740 g/mol. The number of aliphatic hydroxyl groups is 1. The van der Waals surface area contributed by atoms with Crippen LogP contribution in [0.15, 0.2) is 60.8 Å². The molecular formula is C40H70NO9P. The van der Waals surface area contributed by atoms with Crippen molar-refractivity contribution in [3.8, 4) is 0 Å².